The van der Waals surface area contributed by atoms with Crippen LogP contribution in [-0.2, 0) is 0 Å². The molecule has 1 aromatic carbocycles. The summed E-state index contributed by atoms with van der Waals surface area (Å²) < 4.78 is 0. The van der Waals surface area contributed by atoms with Crippen molar-refractivity contribution in [1.82, 2.24) is 4.90 Å². The lowest BCUT2D eigenvalue weighted by atomic mass is 10.0. The van der Waals surface area contributed by atoms with E-state index in [1.165, 1.54) is 11.1 Å². The van der Waals surface area contributed by atoms with Gasteiger partial charge < -0.3 is 15.1 Å². The van der Waals surface area contributed by atoms with Gasteiger partial charge in [-0.1, -0.05) is 35.7 Å². The summed E-state index contributed by atoms with van der Waals surface area (Å²) in [5.74, 6) is 0.367. The van der Waals surface area contributed by atoms with Gasteiger partial charge in [0, 0.05) is 13.1 Å². The summed E-state index contributed by atoms with van der Waals surface area (Å²) in [7, 11) is 2.02. The van der Waals surface area contributed by atoms with Crippen LogP contribution in [0.4, 0.5) is 0 Å². The van der Waals surface area contributed by atoms with Crippen molar-refractivity contribution in [2.75, 3.05) is 20.1 Å². The zero-order chi connectivity index (χ0) is 14.7. The van der Waals surface area contributed by atoms with Crippen LogP contribution in [0.5, 0.6) is 0 Å². The average molecular weight is 277 g/mol. The van der Waals surface area contributed by atoms with E-state index in [0.29, 0.717) is 12.5 Å². The second-order valence-electron chi connectivity index (χ2n) is 6.42. The van der Waals surface area contributed by atoms with E-state index in [0.717, 1.165) is 31.4 Å². The summed E-state index contributed by atoms with van der Waals surface area (Å²) in [6.45, 7) is 5.60. The summed E-state index contributed by atoms with van der Waals surface area (Å²) in [6.07, 6.45) is 2.54. The first-order valence-electron chi connectivity index (χ1n) is 7.58. The van der Waals surface area contributed by atoms with Crippen LogP contribution in [0.3, 0.4) is 0 Å². The van der Waals surface area contributed by atoms with Gasteiger partial charge in [0.05, 0.1) is 12.2 Å². The predicted octanol–water partition coefficient (Wildman–Crippen LogP) is 2.43. The zero-order valence-corrected chi connectivity index (χ0v) is 12.8. The van der Waals surface area contributed by atoms with Crippen LogP contribution in [0.15, 0.2) is 18.2 Å². The van der Waals surface area contributed by atoms with Gasteiger partial charge in [-0.3, -0.25) is 0 Å². The first-order chi connectivity index (χ1) is 9.45. The minimum atomic E-state index is -0.461. The molecule has 0 spiro atoms. The Morgan fingerprint density at radius 3 is 2.40 bits per heavy atom. The van der Waals surface area contributed by atoms with Crippen LogP contribution in [0.2, 0.25) is 0 Å². The van der Waals surface area contributed by atoms with E-state index < -0.39 is 6.10 Å². The van der Waals surface area contributed by atoms with E-state index >= 15 is 0 Å². The maximum absolute atomic E-state index is 10.4. The van der Waals surface area contributed by atoms with Gasteiger partial charge in [-0.05, 0) is 45.2 Å². The van der Waals surface area contributed by atoms with E-state index in [2.05, 4.69) is 36.9 Å². The maximum atomic E-state index is 10.4. The lowest BCUT2D eigenvalue weighted by Gasteiger charge is -2.25. The summed E-state index contributed by atoms with van der Waals surface area (Å²) in [5.41, 5.74) is 3.36. The van der Waals surface area contributed by atoms with Crippen molar-refractivity contribution in [3.05, 3.63) is 34.9 Å². The third-order valence-electron chi connectivity index (χ3n) is 4.28. The number of hydrogen-bond donors (Lipinski definition) is 2. The topological polar surface area (TPSA) is 43.7 Å². The van der Waals surface area contributed by atoms with Crippen molar-refractivity contribution >= 4 is 0 Å². The van der Waals surface area contributed by atoms with Crippen molar-refractivity contribution < 1.29 is 10.2 Å². The molecule has 20 heavy (non-hydrogen) atoms. The third kappa shape index (κ3) is 4.05. The molecule has 0 bridgehead atoms. The maximum Gasteiger partial charge on any atom is 0.0916 e. The molecule has 1 aromatic rings. The summed E-state index contributed by atoms with van der Waals surface area (Å²) in [4.78, 5) is 2.14. The Morgan fingerprint density at radius 1 is 1.20 bits per heavy atom. The Kier molecular flexibility index (Phi) is 5.19. The normalized spacial score (nSPS) is 24.3. The van der Waals surface area contributed by atoms with Crippen molar-refractivity contribution in [3.63, 3.8) is 0 Å². The Hall–Kier alpha value is -0.900. The van der Waals surface area contributed by atoms with E-state index in [1.807, 2.05) is 7.05 Å². The van der Waals surface area contributed by atoms with Crippen LogP contribution >= 0.6 is 0 Å². The number of likely N-dealkylation sites (N-methyl/N-ethyl adjacent to an activating group) is 1. The van der Waals surface area contributed by atoms with Gasteiger partial charge in [-0.25, -0.2) is 0 Å². The molecule has 3 heteroatoms. The third-order valence-corrected chi connectivity index (χ3v) is 4.28. The van der Waals surface area contributed by atoms with Crippen LogP contribution in [-0.4, -0.2) is 41.4 Å². The predicted molar refractivity (Wildman–Crippen MR) is 81.7 cm³/mol. The lowest BCUT2D eigenvalue weighted by Crippen LogP contribution is -2.32. The van der Waals surface area contributed by atoms with Gasteiger partial charge in [0.25, 0.3) is 0 Å². The highest BCUT2D eigenvalue weighted by Gasteiger charge is 2.26. The van der Waals surface area contributed by atoms with Gasteiger partial charge in [0.1, 0.15) is 0 Å². The molecule has 3 atom stereocenters. The molecule has 0 saturated heterocycles. The highest BCUT2D eigenvalue weighted by molar-refractivity contribution is 5.30. The molecule has 112 valence electrons. The van der Waals surface area contributed by atoms with E-state index in [-0.39, 0.29) is 6.10 Å². The van der Waals surface area contributed by atoms with Crippen molar-refractivity contribution in [2.24, 2.45) is 5.92 Å². The molecule has 1 aliphatic rings. The quantitative estimate of drug-likeness (QED) is 0.869. The molecule has 3 unspecified atom stereocenters. The molecular formula is C17H27NO2. The van der Waals surface area contributed by atoms with E-state index in [4.69, 9.17) is 0 Å². The summed E-state index contributed by atoms with van der Waals surface area (Å²) in [6, 6.07) is 6.22. The average Bonchev–Trinajstić information content (AvgIpc) is 2.73. The Bertz CT molecular complexity index is 426. The van der Waals surface area contributed by atoms with E-state index in [9.17, 15) is 10.2 Å². The minimum Gasteiger partial charge on any atom is -0.393 e. The van der Waals surface area contributed by atoms with Crippen LogP contribution in [0.25, 0.3) is 0 Å². The van der Waals surface area contributed by atoms with Crippen molar-refractivity contribution in [1.29, 1.82) is 0 Å². The lowest BCUT2D eigenvalue weighted by molar-refractivity contribution is 0.0821. The molecule has 2 rings (SSSR count). The number of aliphatic hydroxyl groups is 2. The first kappa shape index (κ1) is 15.5. The van der Waals surface area contributed by atoms with Crippen molar-refractivity contribution in [3.8, 4) is 0 Å². The molecule has 0 aliphatic heterocycles. The molecule has 0 radical (unpaired) electrons. The van der Waals surface area contributed by atoms with E-state index in [1.54, 1.807) is 0 Å². The Morgan fingerprint density at radius 2 is 1.85 bits per heavy atom. The van der Waals surface area contributed by atoms with Gasteiger partial charge in [-0.15, -0.1) is 0 Å². The second-order valence-corrected chi connectivity index (χ2v) is 6.42. The molecule has 0 amide bonds. The van der Waals surface area contributed by atoms with Gasteiger partial charge in [0.2, 0.25) is 0 Å². The summed E-state index contributed by atoms with van der Waals surface area (Å²) >= 11 is 0. The van der Waals surface area contributed by atoms with Crippen LogP contribution in [0, 0.1) is 19.8 Å². The molecular weight excluding hydrogens is 250 g/mol. The smallest absolute Gasteiger partial charge is 0.0916 e. The van der Waals surface area contributed by atoms with Crippen molar-refractivity contribution in [2.45, 2.75) is 45.3 Å². The SMILES string of the molecule is Cc1cc(C)cc(C(O)CN(C)CC2CCCC2O)c1. The molecule has 2 N–H and O–H groups in total. The van der Waals surface area contributed by atoms with Gasteiger partial charge >= 0.3 is 0 Å². The monoisotopic (exact) mass is 277 g/mol. The van der Waals surface area contributed by atoms with Crippen LogP contribution in [0.1, 0.15) is 42.1 Å². The minimum absolute atomic E-state index is 0.157. The summed E-state index contributed by atoms with van der Waals surface area (Å²) in [5, 5.41) is 20.2. The molecule has 1 saturated carbocycles. The Labute approximate surface area is 122 Å². The largest absolute Gasteiger partial charge is 0.393 e. The number of nitrogens with zero attached hydrogens (tertiary/aromatic N) is 1. The Balaban J connectivity index is 1.91. The van der Waals surface area contributed by atoms with Gasteiger partial charge in [0.15, 0.2) is 0 Å². The second kappa shape index (κ2) is 6.70. The van der Waals surface area contributed by atoms with Gasteiger partial charge in [-0.2, -0.15) is 0 Å². The number of rotatable bonds is 5. The zero-order valence-electron chi connectivity index (χ0n) is 12.8. The fourth-order valence-corrected chi connectivity index (χ4v) is 3.31. The number of aryl methyl sites for hydroxylation is 2. The molecule has 1 aliphatic carbocycles. The highest BCUT2D eigenvalue weighted by atomic mass is 16.3. The highest BCUT2D eigenvalue weighted by Crippen LogP contribution is 2.26. The fourth-order valence-electron chi connectivity index (χ4n) is 3.31. The van der Waals surface area contributed by atoms with Crippen LogP contribution < -0.4 is 0 Å². The number of hydrogen-bond acceptors (Lipinski definition) is 3. The standard InChI is InChI=1S/C17H27NO2/c1-12-7-13(2)9-15(8-12)17(20)11-18(3)10-14-5-4-6-16(14)19/h7-9,14,16-17,19-20H,4-6,10-11H2,1-3H3. The number of aliphatic hydroxyl groups excluding tert-OH is 2. The molecule has 0 heterocycles. The molecule has 0 aromatic heterocycles. The first-order valence-corrected chi connectivity index (χ1v) is 7.58. The molecule has 1 fully saturated rings. The fraction of sp³-hybridized carbons (Fsp3) is 0.647. The molecule has 3 nitrogen and oxygen atoms in total. The number of benzene rings is 1.